The van der Waals surface area contributed by atoms with Gasteiger partial charge in [0.1, 0.15) is 23.9 Å². The lowest BCUT2D eigenvalue weighted by Crippen LogP contribution is -2.34. The molecule has 0 fully saturated rings. The van der Waals surface area contributed by atoms with E-state index in [0.29, 0.717) is 19.7 Å². The van der Waals surface area contributed by atoms with Crippen LogP contribution in [0, 0.1) is 6.92 Å². The minimum absolute atomic E-state index is 0.253. The van der Waals surface area contributed by atoms with E-state index in [9.17, 15) is 5.11 Å². The molecule has 0 bridgehead atoms. The van der Waals surface area contributed by atoms with Crippen molar-refractivity contribution in [2.75, 3.05) is 13.2 Å². The Hall–Kier alpha value is -2.34. The highest BCUT2D eigenvalue weighted by atomic mass is 16.5. The van der Waals surface area contributed by atoms with Gasteiger partial charge in [0.05, 0.1) is 25.5 Å². The van der Waals surface area contributed by atoms with Gasteiger partial charge in [0.2, 0.25) is 0 Å². The topological polar surface area (TPSA) is 59.0 Å². The first-order chi connectivity index (χ1) is 12.7. The molecule has 0 radical (unpaired) electrons. The molecular formula is C21H25NO4. The van der Waals surface area contributed by atoms with Gasteiger partial charge in [-0.25, -0.2) is 0 Å². The van der Waals surface area contributed by atoms with Crippen LogP contribution in [0.3, 0.4) is 0 Å². The van der Waals surface area contributed by atoms with Gasteiger partial charge in [-0.1, -0.05) is 30.3 Å². The third-order valence-corrected chi connectivity index (χ3v) is 4.03. The number of aliphatic hydroxyl groups excluding tert-OH is 1. The zero-order chi connectivity index (χ0) is 18.2. The number of aliphatic hydroxyl groups is 1. The summed E-state index contributed by atoms with van der Waals surface area (Å²) in [5.74, 6) is 2.54. The maximum absolute atomic E-state index is 10.4. The van der Waals surface area contributed by atoms with E-state index in [1.165, 1.54) is 5.56 Å². The van der Waals surface area contributed by atoms with Crippen molar-refractivity contribution in [2.45, 2.75) is 32.7 Å². The van der Waals surface area contributed by atoms with Crippen molar-refractivity contribution in [3.05, 3.63) is 83.7 Å². The summed E-state index contributed by atoms with van der Waals surface area (Å²) in [6, 6.07) is 17.8. The Morgan fingerprint density at radius 2 is 1.85 bits per heavy atom. The molecule has 138 valence electrons. The molecule has 26 heavy (non-hydrogen) atoms. The van der Waals surface area contributed by atoms with Gasteiger partial charge in [-0.15, -0.1) is 0 Å². The van der Waals surface area contributed by atoms with E-state index in [1.807, 2.05) is 49.4 Å². The minimum atomic E-state index is -0.593. The molecule has 0 saturated carbocycles. The monoisotopic (exact) mass is 355 g/mol. The molecule has 0 unspecified atom stereocenters. The molecular weight excluding hydrogens is 330 g/mol. The summed E-state index contributed by atoms with van der Waals surface area (Å²) in [4.78, 5) is 2.16. The Balaban J connectivity index is 1.54. The molecule has 2 heterocycles. The summed E-state index contributed by atoms with van der Waals surface area (Å²) >= 11 is 0. The summed E-state index contributed by atoms with van der Waals surface area (Å²) in [5.41, 5.74) is 1.19. The fourth-order valence-corrected chi connectivity index (χ4v) is 2.86. The summed E-state index contributed by atoms with van der Waals surface area (Å²) in [6.45, 7) is 4.41. The van der Waals surface area contributed by atoms with Gasteiger partial charge in [-0.05, 0) is 36.8 Å². The fourth-order valence-electron chi connectivity index (χ4n) is 2.86. The van der Waals surface area contributed by atoms with Crippen LogP contribution in [0.25, 0.3) is 0 Å². The third-order valence-electron chi connectivity index (χ3n) is 4.03. The van der Waals surface area contributed by atoms with Crippen molar-refractivity contribution in [3.63, 3.8) is 0 Å². The molecule has 2 aromatic heterocycles. The van der Waals surface area contributed by atoms with Gasteiger partial charge >= 0.3 is 0 Å². The quantitative estimate of drug-likeness (QED) is 0.600. The normalized spacial score (nSPS) is 12.6. The van der Waals surface area contributed by atoms with Crippen molar-refractivity contribution in [1.29, 1.82) is 0 Å². The molecule has 1 atom stereocenters. The summed E-state index contributed by atoms with van der Waals surface area (Å²) in [7, 11) is 0. The molecule has 0 spiro atoms. The first-order valence-corrected chi connectivity index (χ1v) is 8.79. The number of nitrogens with zero attached hydrogens (tertiary/aromatic N) is 1. The number of hydrogen-bond acceptors (Lipinski definition) is 5. The van der Waals surface area contributed by atoms with Crippen molar-refractivity contribution in [3.8, 4) is 0 Å². The number of ether oxygens (including phenoxy) is 1. The van der Waals surface area contributed by atoms with Gasteiger partial charge in [0, 0.05) is 13.1 Å². The van der Waals surface area contributed by atoms with Gasteiger partial charge in [-0.2, -0.15) is 0 Å². The van der Waals surface area contributed by atoms with Crippen LogP contribution in [-0.4, -0.2) is 29.3 Å². The number of aryl methyl sites for hydroxylation is 1. The van der Waals surface area contributed by atoms with Crippen LogP contribution in [0.4, 0.5) is 0 Å². The van der Waals surface area contributed by atoms with Gasteiger partial charge in [0.25, 0.3) is 0 Å². The maximum Gasteiger partial charge on any atom is 0.129 e. The molecule has 0 aliphatic heterocycles. The van der Waals surface area contributed by atoms with E-state index in [0.717, 1.165) is 23.8 Å². The van der Waals surface area contributed by atoms with Crippen LogP contribution >= 0.6 is 0 Å². The molecule has 1 N–H and O–H groups in total. The summed E-state index contributed by atoms with van der Waals surface area (Å²) in [5, 5.41) is 10.4. The van der Waals surface area contributed by atoms with E-state index in [2.05, 4.69) is 17.0 Å². The van der Waals surface area contributed by atoms with Gasteiger partial charge in [-0.3, -0.25) is 4.90 Å². The zero-order valence-corrected chi connectivity index (χ0v) is 15.0. The van der Waals surface area contributed by atoms with Crippen LogP contribution in [0.1, 0.15) is 22.8 Å². The molecule has 0 amide bonds. The van der Waals surface area contributed by atoms with E-state index in [1.54, 1.807) is 6.26 Å². The van der Waals surface area contributed by atoms with Crippen LogP contribution in [-0.2, 0) is 24.4 Å². The van der Waals surface area contributed by atoms with Gasteiger partial charge < -0.3 is 18.7 Å². The highest BCUT2D eigenvalue weighted by Gasteiger charge is 2.15. The average molecular weight is 355 g/mol. The highest BCUT2D eigenvalue weighted by molar-refractivity contribution is 5.15. The summed E-state index contributed by atoms with van der Waals surface area (Å²) in [6.07, 6.45) is 1.02. The van der Waals surface area contributed by atoms with Crippen molar-refractivity contribution < 1.29 is 18.7 Å². The molecule has 5 heteroatoms. The predicted octanol–water partition coefficient (Wildman–Crippen LogP) is 3.76. The molecule has 3 aromatic rings. The number of hydrogen-bond donors (Lipinski definition) is 1. The van der Waals surface area contributed by atoms with E-state index in [4.69, 9.17) is 13.6 Å². The Labute approximate surface area is 153 Å². The minimum Gasteiger partial charge on any atom is -0.467 e. The van der Waals surface area contributed by atoms with Crippen molar-refractivity contribution in [1.82, 2.24) is 4.90 Å². The standard InChI is InChI=1S/C21H25NO4/c1-17-9-10-20(26-17)14-22(12-18-6-3-2-4-7-18)13-19(23)15-24-16-21-8-5-11-25-21/h2-11,19,23H,12-16H2,1H3/t19-/m0/s1. The fraction of sp³-hybridized carbons (Fsp3) is 0.333. The lowest BCUT2D eigenvalue weighted by molar-refractivity contribution is 0.00160. The van der Waals surface area contributed by atoms with Crippen LogP contribution in [0.5, 0.6) is 0 Å². The lowest BCUT2D eigenvalue weighted by Gasteiger charge is -2.24. The second kappa shape index (κ2) is 9.38. The Bertz CT molecular complexity index is 751. The average Bonchev–Trinajstić information content (AvgIpc) is 3.27. The van der Waals surface area contributed by atoms with E-state index >= 15 is 0 Å². The molecule has 0 aliphatic rings. The largest absolute Gasteiger partial charge is 0.467 e. The van der Waals surface area contributed by atoms with E-state index < -0.39 is 6.10 Å². The second-order valence-electron chi connectivity index (χ2n) is 6.42. The first kappa shape index (κ1) is 18.5. The van der Waals surface area contributed by atoms with Crippen LogP contribution < -0.4 is 0 Å². The lowest BCUT2D eigenvalue weighted by atomic mass is 10.2. The number of furan rings is 2. The predicted molar refractivity (Wildman–Crippen MR) is 98.4 cm³/mol. The van der Waals surface area contributed by atoms with Crippen LogP contribution in [0.2, 0.25) is 0 Å². The first-order valence-electron chi connectivity index (χ1n) is 8.79. The molecule has 0 aliphatic carbocycles. The smallest absolute Gasteiger partial charge is 0.129 e. The SMILES string of the molecule is Cc1ccc(CN(Cc2ccccc2)C[C@H](O)COCc2ccco2)o1. The van der Waals surface area contributed by atoms with E-state index in [-0.39, 0.29) is 6.61 Å². The molecule has 5 nitrogen and oxygen atoms in total. The van der Waals surface area contributed by atoms with Crippen molar-refractivity contribution in [2.24, 2.45) is 0 Å². The molecule has 0 saturated heterocycles. The Kier molecular flexibility index (Phi) is 6.66. The highest BCUT2D eigenvalue weighted by Crippen LogP contribution is 2.13. The summed E-state index contributed by atoms with van der Waals surface area (Å²) < 4.78 is 16.5. The third kappa shape index (κ3) is 5.88. The number of rotatable bonds is 10. The molecule has 1 aromatic carbocycles. The Morgan fingerprint density at radius 1 is 1.00 bits per heavy atom. The van der Waals surface area contributed by atoms with Crippen LogP contribution in [0.15, 0.2) is 69.7 Å². The number of benzene rings is 1. The van der Waals surface area contributed by atoms with Gasteiger partial charge in [0.15, 0.2) is 0 Å². The maximum atomic E-state index is 10.4. The second-order valence-corrected chi connectivity index (χ2v) is 6.42. The van der Waals surface area contributed by atoms with Crippen molar-refractivity contribution >= 4 is 0 Å². The molecule has 3 rings (SSSR count). The zero-order valence-electron chi connectivity index (χ0n) is 15.0. The Morgan fingerprint density at radius 3 is 2.54 bits per heavy atom.